The Labute approximate surface area is 201 Å². The average Bonchev–Trinajstić information content (AvgIpc) is 3.19. The zero-order valence-electron chi connectivity index (χ0n) is 19.4. The minimum Gasteiger partial charge on any atom is -0.422 e. The SMILES string of the molecule is Cc1cc(C(C)N2Cc3c(ccnc3C(=O)Oc3ccccc3)C2=O)ncc1CCOCC(F)F. The minimum absolute atomic E-state index is 0.109. The molecule has 1 aliphatic heterocycles. The summed E-state index contributed by atoms with van der Waals surface area (Å²) in [6.45, 7) is 3.56. The highest BCUT2D eigenvalue weighted by atomic mass is 19.3. The number of ether oxygens (including phenoxy) is 2. The Morgan fingerprint density at radius 1 is 1.17 bits per heavy atom. The maximum Gasteiger partial charge on any atom is 0.362 e. The second kappa shape index (κ2) is 10.7. The lowest BCUT2D eigenvalue weighted by molar-refractivity contribution is 0.0186. The molecule has 0 bridgehead atoms. The third-order valence-electron chi connectivity index (χ3n) is 5.92. The van der Waals surface area contributed by atoms with Gasteiger partial charge >= 0.3 is 5.97 Å². The summed E-state index contributed by atoms with van der Waals surface area (Å²) < 4.78 is 34.8. The second-order valence-corrected chi connectivity index (χ2v) is 8.25. The highest BCUT2D eigenvalue weighted by Gasteiger charge is 2.35. The van der Waals surface area contributed by atoms with Crippen molar-refractivity contribution in [3.8, 4) is 5.75 Å². The molecule has 4 rings (SSSR count). The largest absolute Gasteiger partial charge is 0.422 e. The fraction of sp³-hybridized carbons (Fsp3) is 0.308. The summed E-state index contributed by atoms with van der Waals surface area (Å²) in [5.41, 5.74) is 3.55. The van der Waals surface area contributed by atoms with Crippen molar-refractivity contribution in [2.75, 3.05) is 13.2 Å². The Morgan fingerprint density at radius 3 is 2.66 bits per heavy atom. The summed E-state index contributed by atoms with van der Waals surface area (Å²) in [7, 11) is 0. The lowest BCUT2D eigenvalue weighted by Crippen LogP contribution is -2.28. The van der Waals surface area contributed by atoms with Gasteiger partial charge in [-0.25, -0.2) is 18.6 Å². The van der Waals surface area contributed by atoms with Gasteiger partial charge in [0.25, 0.3) is 12.3 Å². The molecule has 0 saturated carbocycles. The van der Waals surface area contributed by atoms with Crippen molar-refractivity contribution in [2.45, 2.75) is 39.3 Å². The van der Waals surface area contributed by atoms with Crippen molar-refractivity contribution in [3.63, 3.8) is 0 Å². The summed E-state index contributed by atoms with van der Waals surface area (Å²) in [6, 6.07) is 11.8. The number of halogens is 2. The van der Waals surface area contributed by atoms with Crippen LogP contribution in [0.4, 0.5) is 8.78 Å². The summed E-state index contributed by atoms with van der Waals surface area (Å²) in [6.07, 6.45) is 1.09. The Hall–Kier alpha value is -3.72. The second-order valence-electron chi connectivity index (χ2n) is 8.25. The molecule has 3 aromatic rings. The molecule has 1 amide bonds. The van der Waals surface area contributed by atoms with Crippen LogP contribution in [0.1, 0.15) is 56.2 Å². The standard InChI is InChI=1S/C26H25F2N3O4/c1-16-12-22(30-13-18(16)9-11-34-15-23(27)28)17(2)31-14-21-20(25(31)32)8-10-29-24(21)26(33)35-19-6-4-3-5-7-19/h3-8,10,12-13,17,23H,9,11,14-15H2,1-2H3. The number of nitrogens with zero attached hydrogens (tertiary/aromatic N) is 3. The van der Waals surface area contributed by atoms with Gasteiger partial charge in [0, 0.05) is 30.1 Å². The molecule has 0 radical (unpaired) electrons. The third-order valence-corrected chi connectivity index (χ3v) is 5.92. The van der Waals surface area contributed by atoms with Crippen LogP contribution in [0.15, 0.2) is 54.9 Å². The zero-order valence-corrected chi connectivity index (χ0v) is 19.4. The number of esters is 1. The number of aryl methyl sites for hydroxylation is 1. The molecule has 1 atom stereocenters. The predicted molar refractivity (Wildman–Crippen MR) is 123 cm³/mol. The minimum atomic E-state index is -2.49. The van der Waals surface area contributed by atoms with Gasteiger partial charge in [-0.05, 0) is 55.7 Å². The number of carbonyl (C=O) groups is 2. The molecule has 1 aromatic carbocycles. The van der Waals surface area contributed by atoms with E-state index in [1.165, 1.54) is 6.20 Å². The molecular formula is C26H25F2N3O4. The van der Waals surface area contributed by atoms with Gasteiger partial charge in [-0.1, -0.05) is 18.2 Å². The molecule has 1 aliphatic rings. The van der Waals surface area contributed by atoms with E-state index in [1.807, 2.05) is 26.0 Å². The molecule has 7 nitrogen and oxygen atoms in total. The Kier molecular flexibility index (Phi) is 7.45. The monoisotopic (exact) mass is 481 g/mol. The van der Waals surface area contributed by atoms with Gasteiger partial charge in [-0.2, -0.15) is 0 Å². The van der Waals surface area contributed by atoms with Crippen molar-refractivity contribution in [1.82, 2.24) is 14.9 Å². The Balaban J connectivity index is 1.48. The first-order chi connectivity index (χ1) is 16.8. The fourth-order valence-electron chi connectivity index (χ4n) is 3.99. The van der Waals surface area contributed by atoms with E-state index in [2.05, 4.69) is 9.97 Å². The molecule has 0 saturated heterocycles. The molecule has 0 N–H and O–H groups in total. The number of carbonyl (C=O) groups excluding carboxylic acids is 2. The molecule has 0 fully saturated rings. The van der Waals surface area contributed by atoms with Crippen LogP contribution in [0.3, 0.4) is 0 Å². The summed E-state index contributed by atoms with van der Waals surface area (Å²) in [5.74, 6) is -0.443. The number of pyridine rings is 2. The summed E-state index contributed by atoms with van der Waals surface area (Å²) in [4.78, 5) is 36.3. The quantitative estimate of drug-likeness (QED) is 0.254. The maximum absolute atomic E-state index is 13.2. The van der Waals surface area contributed by atoms with E-state index in [9.17, 15) is 18.4 Å². The maximum atomic E-state index is 13.2. The van der Waals surface area contributed by atoms with Crippen molar-refractivity contribution in [1.29, 1.82) is 0 Å². The molecule has 0 spiro atoms. The fourth-order valence-corrected chi connectivity index (χ4v) is 3.99. The summed E-state index contributed by atoms with van der Waals surface area (Å²) >= 11 is 0. The Bertz CT molecular complexity index is 1220. The molecule has 1 unspecified atom stereocenters. The number of fused-ring (bicyclic) bond motifs is 1. The lowest BCUT2D eigenvalue weighted by Gasteiger charge is -2.24. The van der Waals surface area contributed by atoms with Crippen molar-refractivity contribution in [3.05, 3.63) is 88.5 Å². The van der Waals surface area contributed by atoms with Crippen LogP contribution >= 0.6 is 0 Å². The highest BCUT2D eigenvalue weighted by Crippen LogP contribution is 2.32. The van der Waals surface area contributed by atoms with E-state index in [4.69, 9.17) is 9.47 Å². The first-order valence-electron chi connectivity index (χ1n) is 11.2. The van der Waals surface area contributed by atoms with Crippen molar-refractivity contribution in [2.24, 2.45) is 0 Å². The first-order valence-corrected chi connectivity index (χ1v) is 11.2. The number of amides is 1. The van der Waals surface area contributed by atoms with Crippen LogP contribution in [0.25, 0.3) is 0 Å². The molecule has 35 heavy (non-hydrogen) atoms. The number of hydrogen-bond donors (Lipinski definition) is 0. The number of hydrogen-bond acceptors (Lipinski definition) is 6. The molecule has 2 aromatic heterocycles. The van der Waals surface area contributed by atoms with Gasteiger partial charge in [-0.15, -0.1) is 0 Å². The summed E-state index contributed by atoms with van der Waals surface area (Å²) in [5, 5.41) is 0. The van der Waals surface area contributed by atoms with E-state index in [1.54, 1.807) is 41.4 Å². The number of aromatic nitrogens is 2. The molecule has 182 valence electrons. The van der Waals surface area contributed by atoms with E-state index in [0.29, 0.717) is 29.0 Å². The van der Waals surface area contributed by atoms with Crippen LogP contribution in [0.5, 0.6) is 5.75 Å². The normalized spacial score (nSPS) is 13.7. The van der Waals surface area contributed by atoms with Crippen molar-refractivity contribution < 1.29 is 27.8 Å². The predicted octanol–water partition coefficient (Wildman–Crippen LogP) is 4.55. The first kappa shape index (κ1) is 24.4. The van der Waals surface area contributed by atoms with Crippen LogP contribution in [-0.4, -0.2) is 46.4 Å². The van der Waals surface area contributed by atoms with E-state index in [-0.39, 0.29) is 30.8 Å². The number of alkyl halides is 2. The van der Waals surface area contributed by atoms with Crippen LogP contribution in [0.2, 0.25) is 0 Å². The molecule has 3 heterocycles. The number of para-hydroxylation sites is 1. The smallest absolute Gasteiger partial charge is 0.362 e. The Morgan fingerprint density at radius 2 is 1.94 bits per heavy atom. The zero-order chi connectivity index (χ0) is 24.9. The molecule has 9 heteroatoms. The highest BCUT2D eigenvalue weighted by molar-refractivity contribution is 6.02. The number of benzene rings is 1. The van der Waals surface area contributed by atoms with Gasteiger partial charge in [0.15, 0.2) is 5.69 Å². The van der Waals surface area contributed by atoms with Gasteiger partial charge in [0.2, 0.25) is 0 Å². The van der Waals surface area contributed by atoms with Gasteiger partial charge in [0.1, 0.15) is 12.4 Å². The van der Waals surface area contributed by atoms with Gasteiger partial charge in [0.05, 0.1) is 18.3 Å². The molecular weight excluding hydrogens is 456 g/mol. The van der Waals surface area contributed by atoms with Gasteiger partial charge < -0.3 is 14.4 Å². The van der Waals surface area contributed by atoms with E-state index >= 15 is 0 Å². The van der Waals surface area contributed by atoms with Crippen LogP contribution < -0.4 is 4.74 Å². The van der Waals surface area contributed by atoms with Crippen LogP contribution in [-0.2, 0) is 17.7 Å². The van der Waals surface area contributed by atoms with Crippen molar-refractivity contribution >= 4 is 11.9 Å². The lowest BCUT2D eigenvalue weighted by atomic mass is 10.1. The topological polar surface area (TPSA) is 81.6 Å². The van der Waals surface area contributed by atoms with Crippen LogP contribution in [0, 0.1) is 6.92 Å². The average molecular weight is 481 g/mol. The third kappa shape index (κ3) is 5.51. The van der Waals surface area contributed by atoms with E-state index < -0.39 is 19.0 Å². The molecule has 0 aliphatic carbocycles. The van der Waals surface area contributed by atoms with Gasteiger partial charge in [-0.3, -0.25) is 9.78 Å². The van der Waals surface area contributed by atoms with E-state index in [0.717, 1.165) is 11.1 Å². The number of rotatable bonds is 9.